The van der Waals surface area contributed by atoms with Gasteiger partial charge in [-0.25, -0.2) is 4.39 Å². The van der Waals surface area contributed by atoms with Crippen LogP contribution in [-0.4, -0.2) is 40.1 Å². The molecule has 1 saturated heterocycles. The molecule has 1 amide bonds. The first-order valence-corrected chi connectivity index (χ1v) is 10.8. The van der Waals surface area contributed by atoms with Crippen molar-refractivity contribution in [1.82, 2.24) is 15.0 Å². The molecule has 2 atom stereocenters. The van der Waals surface area contributed by atoms with Crippen LogP contribution in [-0.2, 0) is 17.8 Å². The maximum absolute atomic E-state index is 13.4. The van der Waals surface area contributed by atoms with Crippen LogP contribution in [0.15, 0.2) is 53.1 Å². The molecule has 160 valence electrons. The molecule has 1 fully saturated rings. The Hall–Kier alpha value is -3.06. The summed E-state index contributed by atoms with van der Waals surface area (Å²) in [5, 5.41) is 4.02. The first-order chi connectivity index (χ1) is 15.1. The molecule has 2 aromatic carbocycles. The molecule has 0 saturated carbocycles. The van der Waals surface area contributed by atoms with Gasteiger partial charge in [0, 0.05) is 23.8 Å². The molecule has 0 spiro atoms. The number of para-hydroxylation sites is 1. The van der Waals surface area contributed by atoms with Crippen LogP contribution in [0.25, 0.3) is 11.4 Å². The Kier molecular flexibility index (Phi) is 5.28. The Morgan fingerprint density at radius 2 is 2.00 bits per heavy atom. The van der Waals surface area contributed by atoms with Gasteiger partial charge in [-0.05, 0) is 68.6 Å². The number of benzene rings is 2. The van der Waals surface area contributed by atoms with Gasteiger partial charge in [-0.2, -0.15) is 4.98 Å². The van der Waals surface area contributed by atoms with E-state index in [9.17, 15) is 9.18 Å². The molecule has 0 aliphatic carbocycles. The fourth-order valence-corrected chi connectivity index (χ4v) is 4.73. The van der Waals surface area contributed by atoms with E-state index in [0.717, 1.165) is 31.5 Å². The normalized spacial score (nSPS) is 21.3. The van der Waals surface area contributed by atoms with E-state index >= 15 is 0 Å². The van der Waals surface area contributed by atoms with Crippen LogP contribution in [0.3, 0.4) is 0 Å². The van der Waals surface area contributed by atoms with E-state index in [1.807, 2.05) is 23.1 Å². The zero-order valence-corrected chi connectivity index (χ0v) is 17.5. The van der Waals surface area contributed by atoms with Crippen LogP contribution >= 0.6 is 0 Å². The quantitative estimate of drug-likeness (QED) is 0.637. The second-order valence-corrected chi connectivity index (χ2v) is 8.48. The van der Waals surface area contributed by atoms with Crippen molar-refractivity contribution in [3.63, 3.8) is 0 Å². The molecule has 6 nitrogen and oxygen atoms in total. The number of piperidine rings is 1. The highest BCUT2D eigenvalue weighted by molar-refractivity contribution is 5.97. The third-order valence-electron chi connectivity index (χ3n) is 6.23. The fraction of sp³-hybridized carbons (Fsp3) is 0.375. The van der Waals surface area contributed by atoms with E-state index in [-0.39, 0.29) is 23.7 Å². The molecule has 3 heterocycles. The third-order valence-corrected chi connectivity index (χ3v) is 6.23. The summed E-state index contributed by atoms with van der Waals surface area (Å²) in [6.45, 7) is 4.20. The molecule has 7 heteroatoms. The summed E-state index contributed by atoms with van der Waals surface area (Å²) in [4.78, 5) is 22.1. The Morgan fingerprint density at radius 3 is 2.84 bits per heavy atom. The molecule has 2 aliphatic rings. The molecule has 0 radical (unpaired) electrons. The van der Waals surface area contributed by atoms with E-state index < -0.39 is 0 Å². The number of hydrogen-bond acceptors (Lipinski definition) is 5. The Labute approximate surface area is 180 Å². The van der Waals surface area contributed by atoms with E-state index in [4.69, 9.17) is 4.52 Å². The predicted octanol–water partition coefficient (Wildman–Crippen LogP) is 4.07. The van der Waals surface area contributed by atoms with Crippen molar-refractivity contribution < 1.29 is 13.7 Å². The summed E-state index contributed by atoms with van der Waals surface area (Å²) >= 11 is 0. The van der Waals surface area contributed by atoms with E-state index in [0.29, 0.717) is 30.4 Å². The second-order valence-electron chi connectivity index (χ2n) is 8.48. The zero-order valence-electron chi connectivity index (χ0n) is 17.5. The van der Waals surface area contributed by atoms with Gasteiger partial charge in [0.1, 0.15) is 5.82 Å². The van der Waals surface area contributed by atoms with Crippen LogP contribution < -0.4 is 4.90 Å². The second kappa shape index (κ2) is 8.23. The number of aromatic nitrogens is 2. The number of hydrogen-bond donors (Lipinski definition) is 0. The minimum absolute atomic E-state index is 0.0400. The first kappa shape index (κ1) is 19.9. The minimum atomic E-state index is -0.300. The van der Waals surface area contributed by atoms with Crippen molar-refractivity contribution >= 4 is 11.6 Å². The third kappa shape index (κ3) is 3.97. The van der Waals surface area contributed by atoms with Crippen molar-refractivity contribution in [2.24, 2.45) is 5.92 Å². The van der Waals surface area contributed by atoms with Gasteiger partial charge in [-0.15, -0.1) is 0 Å². The topological polar surface area (TPSA) is 62.5 Å². The number of halogens is 1. The van der Waals surface area contributed by atoms with Crippen molar-refractivity contribution in [2.75, 3.05) is 18.0 Å². The zero-order chi connectivity index (χ0) is 21.4. The lowest BCUT2D eigenvalue weighted by atomic mass is 9.96. The van der Waals surface area contributed by atoms with Gasteiger partial charge in [0.25, 0.3) is 0 Å². The summed E-state index contributed by atoms with van der Waals surface area (Å²) in [7, 11) is 0. The van der Waals surface area contributed by atoms with E-state index in [1.165, 1.54) is 17.7 Å². The van der Waals surface area contributed by atoms with Gasteiger partial charge in [-0.3, -0.25) is 9.69 Å². The van der Waals surface area contributed by atoms with Crippen LogP contribution in [0, 0.1) is 11.7 Å². The minimum Gasteiger partial charge on any atom is -0.338 e. The average molecular weight is 420 g/mol. The number of anilines is 1. The smallest absolute Gasteiger partial charge is 0.241 e. The van der Waals surface area contributed by atoms with Gasteiger partial charge >= 0.3 is 0 Å². The molecule has 3 aromatic rings. The Morgan fingerprint density at radius 1 is 1.19 bits per heavy atom. The van der Waals surface area contributed by atoms with Crippen LogP contribution in [0.5, 0.6) is 0 Å². The van der Waals surface area contributed by atoms with Gasteiger partial charge in [-0.1, -0.05) is 23.4 Å². The SMILES string of the molecule is CC1Cc2ccccc2N1C(=O)C1CCCN(Cc2nc(-c3ccc(F)cc3)no2)C1. The molecule has 5 rings (SSSR count). The van der Waals surface area contributed by atoms with E-state index in [1.54, 1.807) is 12.1 Å². The van der Waals surface area contributed by atoms with Gasteiger partial charge in [0.2, 0.25) is 17.6 Å². The maximum Gasteiger partial charge on any atom is 0.241 e. The maximum atomic E-state index is 13.4. The predicted molar refractivity (Wildman–Crippen MR) is 115 cm³/mol. The molecular formula is C24H25FN4O2. The number of amides is 1. The number of carbonyl (C=O) groups is 1. The van der Waals surface area contributed by atoms with Crippen molar-refractivity contribution in [3.05, 3.63) is 65.8 Å². The Bertz CT molecular complexity index is 1080. The standard InChI is InChI=1S/C24H25FN4O2/c1-16-13-18-5-2-3-7-21(18)29(16)24(30)19-6-4-12-28(14-19)15-22-26-23(27-31-22)17-8-10-20(25)11-9-17/h2-3,5,7-11,16,19H,4,6,12-15H2,1H3. The largest absolute Gasteiger partial charge is 0.338 e. The average Bonchev–Trinajstić information content (AvgIpc) is 3.37. The van der Waals surface area contributed by atoms with Crippen molar-refractivity contribution in [1.29, 1.82) is 0 Å². The summed E-state index contributed by atoms with van der Waals surface area (Å²) in [5.74, 6) is 0.822. The monoisotopic (exact) mass is 420 g/mol. The highest BCUT2D eigenvalue weighted by Gasteiger charge is 2.36. The van der Waals surface area contributed by atoms with Gasteiger partial charge in [0.05, 0.1) is 12.5 Å². The van der Waals surface area contributed by atoms with Crippen LogP contribution in [0.4, 0.5) is 10.1 Å². The number of nitrogens with zero attached hydrogens (tertiary/aromatic N) is 4. The number of carbonyl (C=O) groups excluding carboxylic acids is 1. The van der Waals surface area contributed by atoms with E-state index in [2.05, 4.69) is 28.0 Å². The van der Waals surface area contributed by atoms with Gasteiger partial charge in [0.15, 0.2) is 0 Å². The molecule has 1 aromatic heterocycles. The van der Waals surface area contributed by atoms with Crippen LogP contribution in [0.2, 0.25) is 0 Å². The first-order valence-electron chi connectivity index (χ1n) is 10.8. The molecule has 31 heavy (non-hydrogen) atoms. The summed E-state index contributed by atoms with van der Waals surface area (Å²) in [6.07, 6.45) is 2.76. The van der Waals surface area contributed by atoms with Crippen molar-refractivity contribution in [2.45, 2.75) is 38.8 Å². The lowest BCUT2D eigenvalue weighted by Crippen LogP contribution is -2.46. The van der Waals surface area contributed by atoms with Gasteiger partial charge < -0.3 is 9.42 Å². The molecule has 0 N–H and O–H groups in total. The number of rotatable bonds is 4. The summed E-state index contributed by atoms with van der Waals surface area (Å²) in [6, 6.07) is 14.4. The van der Waals surface area contributed by atoms with Crippen LogP contribution in [0.1, 0.15) is 31.2 Å². The molecule has 0 bridgehead atoms. The molecule has 2 aliphatic heterocycles. The van der Waals surface area contributed by atoms with Crippen molar-refractivity contribution in [3.8, 4) is 11.4 Å². The highest BCUT2D eigenvalue weighted by Crippen LogP contribution is 2.34. The highest BCUT2D eigenvalue weighted by atomic mass is 19.1. The lowest BCUT2D eigenvalue weighted by Gasteiger charge is -2.34. The fourth-order valence-electron chi connectivity index (χ4n) is 4.73. The number of likely N-dealkylation sites (tertiary alicyclic amines) is 1. The Balaban J connectivity index is 1.26. The molecular weight excluding hydrogens is 395 g/mol. The number of fused-ring (bicyclic) bond motifs is 1. The summed E-state index contributed by atoms with van der Waals surface area (Å²) in [5.41, 5.74) is 3.01. The summed E-state index contributed by atoms with van der Waals surface area (Å²) < 4.78 is 18.6. The lowest BCUT2D eigenvalue weighted by molar-refractivity contribution is -0.124. The molecule has 2 unspecified atom stereocenters.